The van der Waals surface area contributed by atoms with Crippen LogP contribution in [0.25, 0.3) is 0 Å². The Balaban J connectivity index is 2.36. The van der Waals surface area contributed by atoms with Crippen LogP contribution in [0.3, 0.4) is 0 Å². The van der Waals surface area contributed by atoms with Crippen LogP contribution in [-0.2, 0) is 22.4 Å². The summed E-state index contributed by atoms with van der Waals surface area (Å²) < 4.78 is 29.2. The van der Waals surface area contributed by atoms with Gasteiger partial charge in [-0.2, -0.15) is 4.31 Å². The molecule has 0 aromatic carbocycles. The molecule has 0 bridgehead atoms. The second-order valence-corrected chi connectivity index (χ2v) is 7.85. The molecule has 0 N–H and O–H groups in total. The smallest absolute Gasteiger partial charge is 0.244 e. The quantitative estimate of drug-likeness (QED) is 0.801. The van der Waals surface area contributed by atoms with Gasteiger partial charge < -0.3 is 4.57 Å². The fourth-order valence-electron chi connectivity index (χ4n) is 2.79. The molecule has 1 aromatic rings. The number of hydrogen-bond acceptors (Lipinski definition) is 2. The van der Waals surface area contributed by atoms with Crippen LogP contribution in [0.15, 0.2) is 17.2 Å². The molecule has 2 heterocycles. The zero-order valence-corrected chi connectivity index (χ0v) is 13.9. The fourth-order valence-corrected chi connectivity index (χ4v) is 4.87. The van der Waals surface area contributed by atoms with Gasteiger partial charge in [-0.15, -0.1) is 11.6 Å². The number of aryl methyl sites for hydroxylation is 1. The summed E-state index contributed by atoms with van der Waals surface area (Å²) >= 11 is 5.88. The van der Waals surface area contributed by atoms with E-state index in [0.29, 0.717) is 23.2 Å². The zero-order chi connectivity index (χ0) is 14.9. The van der Waals surface area contributed by atoms with Gasteiger partial charge >= 0.3 is 0 Å². The van der Waals surface area contributed by atoms with Crippen molar-refractivity contribution in [3.63, 3.8) is 0 Å². The first-order chi connectivity index (χ1) is 9.40. The summed E-state index contributed by atoms with van der Waals surface area (Å²) in [6, 6.07) is 1.78. The molecule has 2 rings (SSSR count). The zero-order valence-electron chi connectivity index (χ0n) is 12.3. The predicted octanol–water partition coefficient (Wildman–Crippen LogP) is 3.06. The molecular formula is C14H23ClN2O2S. The summed E-state index contributed by atoms with van der Waals surface area (Å²) in [5.41, 5.74) is 0.852. The third-order valence-corrected chi connectivity index (χ3v) is 6.32. The Morgan fingerprint density at radius 3 is 2.60 bits per heavy atom. The average molecular weight is 319 g/mol. The molecular weight excluding hydrogens is 296 g/mol. The van der Waals surface area contributed by atoms with Crippen LogP contribution in [0.2, 0.25) is 0 Å². The van der Waals surface area contributed by atoms with Crippen molar-refractivity contribution >= 4 is 21.6 Å². The minimum Gasteiger partial charge on any atom is -0.349 e. The molecule has 0 saturated carbocycles. The third kappa shape index (κ3) is 2.90. The first-order valence-corrected chi connectivity index (χ1v) is 9.14. The van der Waals surface area contributed by atoms with Gasteiger partial charge in [-0.3, -0.25) is 0 Å². The van der Waals surface area contributed by atoms with E-state index in [0.717, 1.165) is 25.1 Å². The van der Waals surface area contributed by atoms with Crippen molar-refractivity contribution < 1.29 is 8.42 Å². The Morgan fingerprint density at radius 1 is 1.35 bits per heavy atom. The molecule has 1 aliphatic rings. The lowest BCUT2D eigenvalue weighted by Crippen LogP contribution is -2.44. The first-order valence-electron chi connectivity index (χ1n) is 7.17. The molecule has 1 saturated heterocycles. The lowest BCUT2D eigenvalue weighted by atomic mass is 9.97. The number of nitrogens with zero attached hydrogens (tertiary/aromatic N) is 2. The highest BCUT2D eigenvalue weighted by molar-refractivity contribution is 7.89. The maximum absolute atomic E-state index is 12.8. The molecule has 2 atom stereocenters. The van der Waals surface area contributed by atoms with E-state index in [1.165, 1.54) is 0 Å². The van der Waals surface area contributed by atoms with Gasteiger partial charge in [0.2, 0.25) is 10.0 Å². The van der Waals surface area contributed by atoms with Crippen LogP contribution < -0.4 is 0 Å². The van der Waals surface area contributed by atoms with Crippen molar-refractivity contribution in [3.05, 3.63) is 18.0 Å². The standard InChI is InChI=1S/C14H23ClN2O2S/c1-4-16-10-14(7-13(16)8-15)20(18,19)17-9-11(2)5-6-12(17)3/h7,10-12H,4-6,8-9H2,1-3H3. The van der Waals surface area contributed by atoms with E-state index in [-0.39, 0.29) is 6.04 Å². The van der Waals surface area contributed by atoms with Crippen LogP contribution in [0.4, 0.5) is 0 Å². The van der Waals surface area contributed by atoms with Crippen LogP contribution in [0.5, 0.6) is 0 Å². The predicted molar refractivity (Wildman–Crippen MR) is 81.4 cm³/mol. The Kier molecular flexibility index (Phi) is 4.82. The molecule has 1 fully saturated rings. The topological polar surface area (TPSA) is 42.3 Å². The van der Waals surface area contributed by atoms with Crippen molar-refractivity contribution in [2.24, 2.45) is 5.92 Å². The second kappa shape index (κ2) is 6.08. The molecule has 0 aliphatic carbocycles. The summed E-state index contributed by atoms with van der Waals surface area (Å²) in [4.78, 5) is 0.371. The van der Waals surface area contributed by atoms with Gasteiger partial charge in [0, 0.05) is 31.0 Å². The first kappa shape index (κ1) is 15.9. The summed E-state index contributed by atoms with van der Waals surface area (Å²) in [5, 5.41) is 0. The van der Waals surface area contributed by atoms with Crippen molar-refractivity contribution in [1.29, 1.82) is 0 Å². The lowest BCUT2D eigenvalue weighted by Gasteiger charge is -2.35. The van der Waals surface area contributed by atoms with E-state index in [1.54, 1.807) is 16.6 Å². The van der Waals surface area contributed by atoms with Crippen LogP contribution >= 0.6 is 11.6 Å². The summed E-state index contributed by atoms with van der Waals surface area (Å²) in [5.74, 6) is 0.747. The number of rotatable bonds is 4. The normalized spacial score (nSPS) is 25.0. The van der Waals surface area contributed by atoms with Gasteiger partial charge in [0.1, 0.15) is 4.90 Å². The molecule has 2 unspecified atom stereocenters. The van der Waals surface area contributed by atoms with Crippen molar-refractivity contribution in [2.45, 2.75) is 57.0 Å². The van der Waals surface area contributed by atoms with Crippen molar-refractivity contribution in [2.75, 3.05) is 6.54 Å². The summed E-state index contributed by atoms with van der Waals surface area (Å²) in [6.45, 7) is 7.41. The van der Waals surface area contributed by atoms with Gasteiger partial charge in [-0.25, -0.2) is 8.42 Å². The minimum absolute atomic E-state index is 0.0700. The number of aromatic nitrogens is 1. The van der Waals surface area contributed by atoms with Gasteiger partial charge in [-0.05, 0) is 38.7 Å². The minimum atomic E-state index is -3.41. The third-order valence-electron chi connectivity index (χ3n) is 4.11. The van der Waals surface area contributed by atoms with Gasteiger partial charge in [0.25, 0.3) is 0 Å². The van der Waals surface area contributed by atoms with Gasteiger partial charge in [-0.1, -0.05) is 6.92 Å². The fraction of sp³-hybridized carbons (Fsp3) is 0.714. The summed E-state index contributed by atoms with van der Waals surface area (Å²) in [6.07, 6.45) is 3.73. The highest BCUT2D eigenvalue weighted by Gasteiger charge is 2.34. The largest absolute Gasteiger partial charge is 0.349 e. The van der Waals surface area contributed by atoms with E-state index in [4.69, 9.17) is 11.6 Å². The highest BCUT2D eigenvalue weighted by Crippen LogP contribution is 2.29. The highest BCUT2D eigenvalue weighted by atomic mass is 35.5. The van der Waals surface area contributed by atoms with Gasteiger partial charge in [0.05, 0.1) is 5.88 Å². The van der Waals surface area contributed by atoms with E-state index in [2.05, 4.69) is 6.92 Å². The van der Waals surface area contributed by atoms with E-state index >= 15 is 0 Å². The molecule has 1 aromatic heterocycles. The summed E-state index contributed by atoms with van der Waals surface area (Å²) in [7, 11) is -3.41. The van der Waals surface area contributed by atoms with Crippen LogP contribution in [-0.4, -0.2) is 29.9 Å². The average Bonchev–Trinajstić information content (AvgIpc) is 2.85. The van der Waals surface area contributed by atoms with E-state index < -0.39 is 10.0 Å². The lowest BCUT2D eigenvalue weighted by molar-refractivity contribution is 0.218. The van der Waals surface area contributed by atoms with Crippen LogP contribution in [0, 0.1) is 5.92 Å². The van der Waals surface area contributed by atoms with E-state index in [1.807, 2.05) is 18.4 Å². The Bertz CT molecular complexity index is 546. The Hall–Kier alpha value is -0.520. The molecule has 0 radical (unpaired) electrons. The number of alkyl halides is 1. The molecule has 114 valence electrons. The molecule has 20 heavy (non-hydrogen) atoms. The number of halogens is 1. The maximum atomic E-state index is 12.8. The van der Waals surface area contributed by atoms with Crippen molar-refractivity contribution in [3.8, 4) is 0 Å². The molecule has 6 heteroatoms. The molecule has 0 spiro atoms. The monoisotopic (exact) mass is 318 g/mol. The van der Waals surface area contributed by atoms with Crippen LogP contribution in [0.1, 0.15) is 39.3 Å². The molecule has 4 nitrogen and oxygen atoms in total. The molecule has 1 aliphatic heterocycles. The van der Waals surface area contributed by atoms with Crippen molar-refractivity contribution in [1.82, 2.24) is 8.87 Å². The Morgan fingerprint density at radius 2 is 2.05 bits per heavy atom. The Labute approximate surface area is 126 Å². The molecule has 0 amide bonds. The number of piperidine rings is 1. The second-order valence-electron chi connectivity index (χ2n) is 5.69. The maximum Gasteiger partial charge on any atom is 0.244 e. The van der Waals surface area contributed by atoms with E-state index in [9.17, 15) is 8.42 Å². The SMILES string of the molecule is CCn1cc(S(=O)(=O)N2CC(C)CCC2C)cc1CCl. The number of sulfonamides is 1. The number of hydrogen-bond donors (Lipinski definition) is 0. The van der Waals surface area contributed by atoms with Gasteiger partial charge in [0.15, 0.2) is 0 Å².